The average molecular weight is 272 g/mol. The van der Waals surface area contributed by atoms with Crippen molar-refractivity contribution >= 4 is 0 Å². The minimum absolute atomic E-state index is 0.0705. The van der Waals surface area contributed by atoms with Gasteiger partial charge in [0.25, 0.3) is 5.56 Å². The van der Waals surface area contributed by atoms with Gasteiger partial charge in [-0.1, -0.05) is 19.4 Å². The number of hydrogen-bond acceptors (Lipinski definition) is 3. The smallest absolute Gasteiger partial charge is 0.254 e. The molecule has 0 radical (unpaired) electrons. The van der Waals surface area contributed by atoms with Crippen LogP contribution in [-0.4, -0.2) is 17.1 Å². The van der Waals surface area contributed by atoms with E-state index in [0.717, 1.165) is 40.1 Å². The number of hydrogen-bond donors (Lipinski definition) is 1. The van der Waals surface area contributed by atoms with E-state index in [-0.39, 0.29) is 5.56 Å². The van der Waals surface area contributed by atoms with Crippen molar-refractivity contribution in [2.24, 2.45) is 0 Å². The van der Waals surface area contributed by atoms with E-state index in [2.05, 4.69) is 23.0 Å². The first-order valence-electron chi connectivity index (χ1n) is 6.80. The number of ether oxygens (including phenoxy) is 1. The van der Waals surface area contributed by atoms with Gasteiger partial charge in [0, 0.05) is 11.1 Å². The molecule has 2 aromatic rings. The molecule has 0 fully saturated rings. The van der Waals surface area contributed by atoms with Crippen molar-refractivity contribution in [3.63, 3.8) is 0 Å². The Balaban J connectivity index is 2.75. The van der Waals surface area contributed by atoms with Crippen LogP contribution in [0.3, 0.4) is 0 Å². The van der Waals surface area contributed by atoms with Crippen molar-refractivity contribution in [3.05, 3.63) is 45.5 Å². The molecule has 0 amide bonds. The summed E-state index contributed by atoms with van der Waals surface area (Å²) in [5, 5.41) is 0. The molecule has 2 rings (SSSR count). The van der Waals surface area contributed by atoms with Crippen molar-refractivity contribution in [1.29, 1.82) is 0 Å². The second kappa shape index (κ2) is 5.90. The molecule has 0 aliphatic carbocycles. The van der Waals surface area contributed by atoms with Crippen molar-refractivity contribution < 1.29 is 4.74 Å². The van der Waals surface area contributed by atoms with Crippen LogP contribution in [0.5, 0.6) is 5.75 Å². The highest BCUT2D eigenvalue weighted by Crippen LogP contribution is 2.34. The molecule has 0 saturated carbocycles. The van der Waals surface area contributed by atoms with Gasteiger partial charge in [0.1, 0.15) is 5.75 Å². The van der Waals surface area contributed by atoms with Crippen LogP contribution in [-0.2, 0) is 6.42 Å². The number of methoxy groups -OCH3 is 1. The molecule has 0 aliphatic heterocycles. The van der Waals surface area contributed by atoms with Crippen LogP contribution in [0, 0.1) is 13.8 Å². The van der Waals surface area contributed by atoms with Gasteiger partial charge in [-0.25, -0.2) is 4.98 Å². The molecule has 106 valence electrons. The first-order valence-corrected chi connectivity index (χ1v) is 6.80. The van der Waals surface area contributed by atoms with Crippen molar-refractivity contribution in [2.45, 2.75) is 33.6 Å². The Kier molecular flexibility index (Phi) is 4.23. The van der Waals surface area contributed by atoms with Crippen LogP contribution >= 0.6 is 0 Å². The maximum Gasteiger partial charge on any atom is 0.254 e. The summed E-state index contributed by atoms with van der Waals surface area (Å²) in [5.41, 5.74) is 4.49. The van der Waals surface area contributed by atoms with E-state index in [1.807, 2.05) is 19.9 Å². The predicted molar refractivity (Wildman–Crippen MR) is 80.3 cm³/mol. The molecule has 20 heavy (non-hydrogen) atoms. The lowest BCUT2D eigenvalue weighted by atomic mass is 9.97. The molecule has 0 saturated heterocycles. The van der Waals surface area contributed by atoms with Gasteiger partial charge in [0.2, 0.25) is 0 Å². The number of aromatic nitrogens is 2. The largest absolute Gasteiger partial charge is 0.496 e. The van der Waals surface area contributed by atoms with E-state index in [4.69, 9.17) is 4.74 Å². The molecule has 0 unspecified atom stereocenters. The van der Waals surface area contributed by atoms with Crippen molar-refractivity contribution in [3.8, 4) is 17.0 Å². The molecule has 1 aromatic carbocycles. The number of aryl methyl sites for hydroxylation is 2. The SMILES string of the molecule is CCCc1c(-c2c(C)cc(C)cc2OC)nc[nH]c1=O. The summed E-state index contributed by atoms with van der Waals surface area (Å²) < 4.78 is 5.48. The van der Waals surface area contributed by atoms with Gasteiger partial charge >= 0.3 is 0 Å². The van der Waals surface area contributed by atoms with Gasteiger partial charge in [-0.2, -0.15) is 0 Å². The van der Waals surface area contributed by atoms with E-state index in [1.54, 1.807) is 7.11 Å². The molecule has 1 heterocycles. The van der Waals surface area contributed by atoms with Crippen LogP contribution in [0.15, 0.2) is 23.3 Å². The topological polar surface area (TPSA) is 55.0 Å². The predicted octanol–water partition coefficient (Wildman–Crippen LogP) is 3.01. The van der Waals surface area contributed by atoms with Crippen LogP contribution in [0.1, 0.15) is 30.0 Å². The van der Waals surface area contributed by atoms with Crippen LogP contribution in [0.25, 0.3) is 11.3 Å². The van der Waals surface area contributed by atoms with E-state index < -0.39 is 0 Å². The standard InChI is InChI=1S/C16H20N2O2/c1-5-6-12-15(17-9-18-16(12)19)14-11(3)7-10(2)8-13(14)20-4/h7-9H,5-6H2,1-4H3,(H,17,18,19). The van der Waals surface area contributed by atoms with Gasteiger partial charge < -0.3 is 9.72 Å². The minimum atomic E-state index is -0.0705. The Morgan fingerprint density at radius 1 is 1.30 bits per heavy atom. The number of rotatable bonds is 4. The van der Waals surface area contributed by atoms with Crippen molar-refractivity contribution in [2.75, 3.05) is 7.11 Å². The monoisotopic (exact) mass is 272 g/mol. The van der Waals surface area contributed by atoms with Crippen LogP contribution in [0.2, 0.25) is 0 Å². The molecule has 1 aromatic heterocycles. The summed E-state index contributed by atoms with van der Waals surface area (Å²) in [5.74, 6) is 0.762. The van der Waals surface area contributed by atoms with E-state index in [1.165, 1.54) is 6.33 Å². The summed E-state index contributed by atoms with van der Waals surface area (Å²) >= 11 is 0. The average Bonchev–Trinajstić information content (AvgIpc) is 2.41. The van der Waals surface area contributed by atoms with Gasteiger partial charge in [-0.3, -0.25) is 4.79 Å². The zero-order valence-corrected chi connectivity index (χ0v) is 12.4. The molecule has 0 bridgehead atoms. The van der Waals surface area contributed by atoms with E-state index in [9.17, 15) is 4.79 Å². The highest BCUT2D eigenvalue weighted by molar-refractivity contribution is 5.73. The second-order valence-electron chi connectivity index (χ2n) is 4.97. The quantitative estimate of drug-likeness (QED) is 0.930. The molecule has 4 nitrogen and oxygen atoms in total. The Hall–Kier alpha value is -2.10. The fourth-order valence-corrected chi connectivity index (χ4v) is 2.52. The van der Waals surface area contributed by atoms with E-state index >= 15 is 0 Å². The summed E-state index contributed by atoms with van der Waals surface area (Å²) in [6, 6.07) is 4.05. The third-order valence-corrected chi connectivity index (χ3v) is 3.35. The van der Waals surface area contributed by atoms with Gasteiger partial charge in [0.15, 0.2) is 0 Å². The zero-order chi connectivity index (χ0) is 14.7. The molecular weight excluding hydrogens is 252 g/mol. The Morgan fingerprint density at radius 2 is 2.05 bits per heavy atom. The summed E-state index contributed by atoms with van der Waals surface area (Å²) in [4.78, 5) is 19.1. The third kappa shape index (κ3) is 2.59. The van der Waals surface area contributed by atoms with E-state index in [0.29, 0.717) is 6.42 Å². The van der Waals surface area contributed by atoms with Crippen LogP contribution < -0.4 is 10.3 Å². The molecule has 1 N–H and O–H groups in total. The summed E-state index contributed by atoms with van der Waals surface area (Å²) in [6.45, 7) is 6.09. The molecular formula is C16H20N2O2. The fourth-order valence-electron chi connectivity index (χ4n) is 2.52. The van der Waals surface area contributed by atoms with Crippen LogP contribution in [0.4, 0.5) is 0 Å². The van der Waals surface area contributed by atoms with Gasteiger partial charge in [-0.05, 0) is 37.5 Å². The minimum Gasteiger partial charge on any atom is -0.496 e. The maximum absolute atomic E-state index is 12.0. The Bertz CT molecular complexity index is 675. The Morgan fingerprint density at radius 3 is 2.70 bits per heavy atom. The number of benzene rings is 1. The normalized spacial score (nSPS) is 10.6. The lowest BCUT2D eigenvalue weighted by Gasteiger charge is -2.14. The fraction of sp³-hybridized carbons (Fsp3) is 0.375. The summed E-state index contributed by atoms with van der Waals surface area (Å²) in [6.07, 6.45) is 3.06. The molecule has 4 heteroatoms. The zero-order valence-electron chi connectivity index (χ0n) is 12.4. The number of nitrogens with one attached hydrogen (secondary N) is 1. The molecule has 0 atom stereocenters. The highest BCUT2D eigenvalue weighted by atomic mass is 16.5. The number of aromatic amines is 1. The second-order valence-corrected chi connectivity index (χ2v) is 4.97. The highest BCUT2D eigenvalue weighted by Gasteiger charge is 2.17. The van der Waals surface area contributed by atoms with Gasteiger partial charge in [0.05, 0.1) is 19.1 Å². The number of H-pyrrole nitrogens is 1. The van der Waals surface area contributed by atoms with Gasteiger partial charge in [-0.15, -0.1) is 0 Å². The number of nitrogens with zero attached hydrogens (tertiary/aromatic N) is 1. The molecule has 0 aliphatic rings. The first-order chi connectivity index (χ1) is 9.58. The van der Waals surface area contributed by atoms with Crippen molar-refractivity contribution in [1.82, 2.24) is 9.97 Å². The Labute approximate surface area is 118 Å². The molecule has 0 spiro atoms. The third-order valence-electron chi connectivity index (χ3n) is 3.35. The lowest BCUT2D eigenvalue weighted by molar-refractivity contribution is 0.415. The maximum atomic E-state index is 12.0. The lowest BCUT2D eigenvalue weighted by Crippen LogP contribution is -2.15. The first kappa shape index (κ1) is 14.3. The summed E-state index contributed by atoms with van der Waals surface area (Å²) in [7, 11) is 1.64.